The molecule has 1 N–H and O–H groups in total. The molecule has 0 spiro atoms. The lowest BCUT2D eigenvalue weighted by Crippen LogP contribution is -2.29. The van der Waals surface area contributed by atoms with Gasteiger partial charge in [0.2, 0.25) is 0 Å². The molecular weight excluding hydrogens is 402 g/mol. The molecular formula is C27H25NO4. The first-order chi connectivity index (χ1) is 15.4. The summed E-state index contributed by atoms with van der Waals surface area (Å²) in [5.74, 6) is -0.971. The van der Waals surface area contributed by atoms with Crippen LogP contribution in [0.1, 0.15) is 35.2 Å². The second kappa shape index (κ2) is 8.71. The van der Waals surface area contributed by atoms with Gasteiger partial charge in [0.1, 0.15) is 11.5 Å². The molecule has 3 aromatic rings. The topological polar surface area (TPSA) is 66.8 Å². The fourth-order valence-electron chi connectivity index (χ4n) is 3.99. The van der Waals surface area contributed by atoms with E-state index in [1.165, 1.54) is 4.90 Å². The first kappa shape index (κ1) is 21.4. The minimum absolute atomic E-state index is 0.0630. The number of amides is 1. The van der Waals surface area contributed by atoms with Crippen molar-refractivity contribution in [1.29, 1.82) is 0 Å². The summed E-state index contributed by atoms with van der Waals surface area (Å²) < 4.78 is 5.36. The van der Waals surface area contributed by atoms with E-state index in [0.29, 0.717) is 22.6 Å². The lowest BCUT2D eigenvalue weighted by Gasteiger charge is -2.26. The van der Waals surface area contributed by atoms with Crippen LogP contribution >= 0.6 is 0 Å². The number of benzene rings is 3. The lowest BCUT2D eigenvalue weighted by atomic mass is 9.94. The first-order valence-corrected chi connectivity index (χ1v) is 10.6. The largest absolute Gasteiger partial charge is 0.507 e. The number of carbonyl (C=O) groups excluding carboxylic acids is 2. The van der Waals surface area contributed by atoms with Gasteiger partial charge < -0.3 is 9.84 Å². The van der Waals surface area contributed by atoms with Gasteiger partial charge in [0.05, 0.1) is 18.7 Å². The molecule has 1 heterocycles. The van der Waals surface area contributed by atoms with Crippen LogP contribution in [-0.2, 0) is 16.0 Å². The summed E-state index contributed by atoms with van der Waals surface area (Å²) in [6.07, 6.45) is 0.864. The predicted octanol–water partition coefficient (Wildman–Crippen LogP) is 5.19. The number of methoxy groups -OCH3 is 1. The van der Waals surface area contributed by atoms with Crippen LogP contribution in [0.4, 0.5) is 5.69 Å². The normalized spacial score (nSPS) is 17.6. The van der Waals surface area contributed by atoms with Crippen molar-refractivity contribution >= 4 is 23.1 Å². The number of ketones is 1. The summed E-state index contributed by atoms with van der Waals surface area (Å²) in [5, 5.41) is 11.2. The number of hydrogen-bond acceptors (Lipinski definition) is 4. The highest BCUT2D eigenvalue weighted by Gasteiger charge is 2.47. The van der Waals surface area contributed by atoms with Crippen molar-refractivity contribution in [2.75, 3.05) is 12.0 Å². The van der Waals surface area contributed by atoms with Gasteiger partial charge in [-0.2, -0.15) is 0 Å². The molecule has 1 fully saturated rings. The number of Topliss-reactive ketones (excluding diaryl/α,β-unsaturated/α-hetero) is 1. The number of nitrogens with zero attached hydrogens (tertiary/aromatic N) is 1. The quantitative estimate of drug-likeness (QED) is 0.346. The summed E-state index contributed by atoms with van der Waals surface area (Å²) in [6.45, 7) is 4.00. The summed E-state index contributed by atoms with van der Waals surface area (Å²) in [5.41, 5.74) is 3.98. The minimum atomic E-state index is -0.779. The number of anilines is 1. The Morgan fingerprint density at radius 2 is 1.69 bits per heavy atom. The highest BCUT2D eigenvalue weighted by atomic mass is 16.5. The van der Waals surface area contributed by atoms with Crippen LogP contribution in [0.15, 0.2) is 78.4 Å². The van der Waals surface area contributed by atoms with Crippen molar-refractivity contribution in [3.63, 3.8) is 0 Å². The van der Waals surface area contributed by atoms with E-state index < -0.39 is 17.7 Å². The van der Waals surface area contributed by atoms with Gasteiger partial charge in [-0.3, -0.25) is 14.5 Å². The number of aryl methyl sites for hydroxylation is 2. The van der Waals surface area contributed by atoms with Crippen LogP contribution in [0.5, 0.6) is 5.75 Å². The smallest absolute Gasteiger partial charge is 0.300 e. The number of rotatable bonds is 5. The third-order valence-electron chi connectivity index (χ3n) is 5.80. The molecule has 5 nitrogen and oxygen atoms in total. The Balaban J connectivity index is 1.92. The minimum Gasteiger partial charge on any atom is -0.507 e. The third-order valence-corrected chi connectivity index (χ3v) is 5.80. The Kier molecular flexibility index (Phi) is 5.82. The fourth-order valence-corrected chi connectivity index (χ4v) is 3.99. The van der Waals surface area contributed by atoms with Gasteiger partial charge in [-0.15, -0.1) is 0 Å². The molecule has 32 heavy (non-hydrogen) atoms. The number of hydrogen-bond donors (Lipinski definition) is 1. The van der Waals surface area contributed by atoms with Crippen molar-refractivity contribution in [2.45, 2.75) is 26.3 Å². The van der Waals surface area contributed by atoms with Crippen LogP contribution in [0.25, 0.3) is 5.76 Å². The lowest BCUT2D eigenvalue weighted by molar-refractivity contribution is -0.132. The molecule has 4 rings (SSSR count). The van der Waals surface area contributed by atoms with Crippen molar-refractivity contribution in [3.8, 4) is 5.75 Å². The van der Waals surface area contributed by atoms with Crippen molar-refractivity contribution in [1.82, 2.24) is 0 Å². The summed E-state index contributed by atoms with van der Waals surface area (Å²) in [4.78, 5) is 27.8. The summed E-state index contributed by atoms with van der Waals surface area (Å²) >= 11 is 0. The first-order valence-electron chi connectivity index (χ1n) is 10.6. The van der Waals surface area contributed by atoms with E-state index in [-0.39, 0.29) is 11.3 Å². The second-order valence-electron chi connectivity index (χ2n) is 7.83. The number of ether oxygens (including phenoxy) is 1. The van der Waals surface area contributed by atoms with Crippen LogP contribution in [0.2, 0.25) is 0 Å². The Labute approximate surface area is 187 Å². The Bertz CT molecular complexity index is 1190. The van der Waals surface area contributed by atoms with E-state index in [1.807, 2.05) is 56.3 Å². The standard InChI is InChI=1S/C27H25NO4/c1-4-18-10-12-19(13-11-18)25(29)23-24(20-6-5-7-22(16-20)32-3)28(27(31)26(23)30)21-14-8-17(2)9-15-21/h5-16,24,29H,4H2,1-3H3/b25-23-. The molecule has 0 aromatic heterocycles. The number of aliphatic hydroxyl groups excluding tert-OH is 1. The van der Waals surface area contributed by atoms with E-state index in [2.05, 4.69) is 0 Å². The Morgan fingerprint density at radius 3 is 2.31 bits per heavy atom. The molecule has 1 atom stereocenters. The zero-order chi connectivity index (χ0) is 22.8. The maximum absolute atomic E-state index is 13.2. The Hall–Kier alpha value is -3.86. The third kappa shape index (κ3) is 3.78. The van der Waals surface area contributed by atoms with Gasteiger partial charge in [0.25, 0.3) is 11.7 Å². The summed E-state index contributed by atoms with van der Waals surface area (Å²) in [7, 11) is 1.56. The van der Waals surface area contributed by atoms with E-state index in [0.717, 1.165) is 17.5 Å². The van der Waals surface area contributed by atoms with Crippen molar-refractivity contribution < 1.29 is 19.4 Å². The molecule has 0 radical (unpaired) electrons. The van der Waals surface area contributed by atoms with Gasteiger partial charge in [0, 0.05) is 11.3 Å². The van der Waals surface area contributed by atoms with Crippen molar-refractivity contribution in [2.24, 2.45) is 0 Å². The molecule has 1 amide bonds. The van der Waals surface area contributed by atoms with E-state index in [9.17, 15) is 14.7 Å². The highest BCUT2D eigenvalue weighted by molar-refractivity contribution is 6.51. The molecule has 1 saturated heterocycles. The molecule has 1 aliphatic heterocycles. The zero-order valence-corrected chi connectivity index (χ0v) is 18.3. The molecule has 1 unspecified atom stereocenters. The van der Waals surface area contributed by atoms with Gasteiger partial charge in [0.15, 0.2) is 0 Å². The monoisotopic (exact) mass is 427 g/mol. The Morgan fingerprint density at radius 1 is 1.00 bits per heavy atom. The highest BCUT2D eigenvalue weighted by Crippen LogP contribution is 2.42. The second-order valence-corrected chi connectivity index (χ2v) is 7.83. The van der Waals surface area contributed by atoms with Gasteiger partial charge in [-0.05, 0) is 48.7 Å². The molecule has 0 bridgehead atoms. The average Bonchev–Trinajstić information content (AvgIpc) is 3.09. The van der Waals surface area contributed by atoms with Crippen LogP contribution in [-0.4, -0.2) is 23.9 Å². The number of aliphatic hydroxyl groups is 1. The van der Waals surface area contributed by atoms with Crippen LogP contribution in [0, 0.1) is 6.92 Å². The maximum Gasteiger partial charge on any atom is 0.300 e. The fraction of sp³-hybridized carbons (Fsp3) is 0.185. The van der Waals surface area contributed by atoms with Crippen LogP contribution in [0.3, 0.4) is 0 Å². The zero-order valence-electron chi connectivity index (χ0n) is 18.3. The predicted molar refractivity (Wildman–Crippen MR) is 125 cm³/mol. The van der Waals surface area contributed by atoms with E-state index in [1.54, 1.807) is 37.4 Å². The van der Waals surface area contributed by atoms with Gasteiger partial charge in [-0.1, -0.05) is 61.0 Å². The molecule has 162 valence electrons. The van der Waals surface area contributed by atoms with Crippen LogP contribution < -0.4 is 9.64 Å². The number of carbonyl (C=O) groups is 2. The van der Waals surface area contributed by atoms with Gasteiger partial charge in [-0.25, -0.2) is 0 Å². The van der Waals surface area contributed by atoms with Crippen molar-refractivity contribution in [3.05, 3.63) is 101 Å². The molecule has 0 aliphatic carbocycles. The maximum atomic E-state index is 13.2. The molecule has 5 heteroatoms. The van der Waals surface area contributed by atoms with Gasteiger partial charge >= 0.3 is 0 Å². The SMILES string of the molecule is CCc1ccc(/C(O)=C2/C(=O)C(=O)N(c3ccc(C)cc3)C2c2cccc(OC)c2)cc1. The van der Waals surface area contributed by atoms with E-state index >= 15 is 0 Å². The average molecular weight is 428 g/mol. The molecule has 3 aromatic carbocycles. The van der Waals surface area contributed by atoms with E-state index in [4.69, 9.17) is 4.74 Å². The molecule has 1 aliphatic rings. The molecule has 0 saturated carbocycles. The summed E-state index contributed by atoms with van der Waals surface area (Å²) in [6, 6.07) is 21.2.